The van der Waals surface area contributed by atoms with Gasteiger partial charge >= 0.3 is 6.09 Å². The summed E-state index contributed by atoms with van der Waals surface area (Å²) in [5.74, 6) is 0.700. The summed E-state index contributed by atoms with van der Waals surface area (Å²) in [6, 6.07) is 7.50. The second kappa shape index (κ2) is 16.7. The maximum atomic E-state index is 11.9. The van der Waals surface area contributed by atoms with Gasteiger partial charge in [-0.25, -0.2) is 4.79 Å². The van der Waals surface area contributed by atoms with E-state index >= 15 is 0 Å². The van der Waals surface area contributed by atoms with Crippen molar-refractivity contribution in [2.24, 2.45) is 0 Å². The molecular weight excluding hydrogens is 364 g/mol. The molecule has 27 heavy (non-hydrogen) atoms. The van der Waals surface area contributed by atoms with Crippen molar-refractivity contribution in [3.63, 3.8) is 0 Å². The highest BCUT2D eigenvalue weighted by Crippen LogP contribution is 2.24. The molecule has 0 spiro atoms. The van der Waals surface area contributed by atoms with E-state index in [4.69, 9.17) is 9.47 Å². The van der Waals surface area contributed by atoms with Crippen molar-refractivity contribution in [3.05, 3.63) is 24.3 Å². The summed E-state index contributed by atoms with van der Waals surface area (Å²) in [4.78, 5) is 13.1. The highest BCUT2D eigenvalue weighted by Gasteiger charge is 2.09. The fourth-order valence-electron chi connectivity index (χ4n) is 2.61. The predicted molar refractivity (Wildman–Crippen MR) is 107 cm³/mol. The van der Waals surface area contributed by atoms with Gasteiger partial charge in [0.2, 0.25) is 0 Å². The maximum absolute atomic E-state index is 11.9. The molecule has 1 rings (SSSR count). The maximum Gasteiger partial charge on any atom is 0.411 e. The smallest absolute Gasteiger partial charge is 0.411 e. The van der Waals surface area contributed by atoms with Crippen molar-refractivity contribution in [2.75, 3.05) is 39.2 Å². The first-order valence-corrected chi connectivity index (χ1v) is 10.1. The van der Waals surface area contributed by atoms with Gasteiger partial charge in [0.15, 0.2) is 0 Å². The molecule has 0 aliphatic carbocycles. The zero-order chi connectivity index (χ0) is 19.0. The number of benzene rings is 1. The van der Waals surface area contributed by atoms with Gasteiger partial charge in [0, 0.05) is 0 Å². The van der Waals surface area contributed by atoms with E-state index in [0.29, 0.717) is 24.7 Å². The average Bonchev–Trinajstić information content (AvgIpc) is 2.61. The highest BCUT2D eigenvalue weighted by atomic mass is 35.5. The van der Waals surface area contributed by atoms with E-state index in [1.165, 1.54) is 49.8 Å². The Bertz CT molecular complexity index is 498. The van der Waals surface area contributed by atoms with Gasteiger partial charge in [-0.15, -0.1) is 0 Å². The minimum Gasteiger partial charge on any atom is -1.00 e. The van der Waals surface area contributed by atoms with Crippen LogP contribution in [0.2, 0.25) is 0 Å². The number of ether oxygens (including phenoxy) is 2. The zero-order valence-electron chi connectivity index (χ0n) is 17.2. The monoisotopic (exact) mass is 400 g/mol. The molecule has 5 nitrogen and oxygen atoms in total. The van der Waals surface area contributed by atoms with E-state index in [9.17, 15) is 4.79 Å². The summed E-state index contributed by atoms with van der Waals surface area (Å²) >= 11 is 0. The van der Waals surface area contributed by atoms with Gasteiger partial charge in [-0.1, -0.05) is 64.0 Å². The predicted octanol–water partition coefficient (Wildman–Crippen LogP) is 0.903. The first-order chi connectivity index (χ1) is 12.6. The minimum atomic E-state index is -0.436. The lowest BCUT2D eigenvalue weighted by molar-refractivity contribution is -0.858. The molecule has 1 amide bonds. The molecule has 0 aliphatic rings. The SMILES string of the molecule is CCCCCCCCCCOc1ccccc1NC(=O)OCC[NH+](C)C.[Cl-]. The number of hydrogen-bond donors (Lipinski definition) is 2. The fraction of sp³-hybridized carbons (Fsp3) is 0.667. The number of carbonyl (C=O) groups excluding carboxylic acids is 1. The Hall–Kier alpha value is -1.46. The molecule has 0 saturated heterocycles. The quantitative estimate of drug-likeness (QED) is 0.456. The minimum absolute atomic E-state index is 0. The molecule has 0 fully saturated rings. The Balaban J connectivity index is 0.00000676. The van der Waals surface area contributed by atoms with Crippen LogP contribution < -0.4 is 27.4 Å². The van der Waals surface area contributed by atoms with Gasteiger partial charge in [0.05, 0.1) is 26.4 Å². The van der Waals surface area contributed by atoms with E-state index in [0.717, 1.165) is 13.0 Å². The number of likely N-dealkylation sites (N-methyl/N-ethyl adjacent to an activating group) is 1. The Morgan fingerprint density at radius 3 is 2.26 bits per heavy atom. The number of carbonyl (C=O) groups is 1. The second-order valence-electron chi connectivity index (χ2n) is 7.04. The fourth-order valence-corrected chi connectivity index (χ4v) is 2.61. The number of hydrogen-bond acceptors (Lipinski definition) is 3. The number of anilines is 1. The lowest BCUT2D eigenvalue weighted by Gasteiger charge is -2.13. The number of nitrogens with one attached hydrogen (secondary N) is 2. The van der Waals surface area contributed by atoms with Crippen LogP contribution in [0.25, 0.3) is 0 Å². The van der Waals surface area contributed by atoms with Crippen molar-refractivity contribution in [2.45, 2.75) is 58.3 Å². The molecule has 0 heterocycles. The van der Waals surface area contributed by atoms with E-state index in [-0.39, 0.29) is 12.4 Å². The average molecular weight is 401 g/mol. The van der Waals surface area contributed by atoms with Crippen molar-refractivity contribution in [1.29, 1.82) is 0 Å². The molecule has 2 N–H and O–H groups in total. The van der Waals surface area contributed by atoms with Crippen LogP contribution in [0.15, 0.2) is 24.3 Å². The van der Waals surface area contributed by atoms with E-state index in [1.54, 1.807) is 0 Å². The largest absolute Gasteiger partial charge is 1.00 e. The summed E-state index contributed by atoms with van der Waals surface area (Å²) in [5.41, 5.74) is 0.661. The van der Waals surface area contributed by atoms with E-state index < -0.39 is 6.09 Å². The highest BCUT2D eigenvalue weighted by molar-refractivity contribution is 5.86. The van der Waals surface area contributed by atoms with Gasteiger partial charge in [0.25, 0.3) is 0 Å². The van der Waals surface area contributed by atoms with Gasteiger partial charge in [-0.05, 0) is 18.6 Å². The van der Waals surface area contributed by atoms with Crippen molar-refractivity contribution < 1.29 is 31.6 Å². The Labute approximate surface area is 171 Å². The summed E-state index contributed by atoms with van der Waals surface area (Å²) in [6.45, 7) is 4.10. The molecule has 0 radical (unpaired) electrons. The van der Waals surface area contributed by atoms with E-state index in [1.807, 2.05) is 38.4 Å². The molecule has 0 aliphatic heterocycles. The van der Waals surface area contributed by atoms with Gasteiger partial charge in [-0.3, -0.25) is 5.32 Å². The topological polar surface area (TPSA) is 52.0 Å². The van der Waals surface area contributed by atoms with Gasteiger partial charge in [-0.2, -0.15) is 0 Å². The molecule has 0 aromatic heterocycles. The lowest BCUT2D eigenvalue weighted by atomic mass is 10.1. The van der Waals surface area contributed by atoms with Gasteiger partial charge < -0.3 is 26.8 Å². The number of unbranched alkanes of at least 4 members (excludes halogenated alkanes) is 7. The molecule has 156 valence electrons. The number of para-hydroxylation sites is 2. The summed E-state index contributed by atoms with van der Waals surface area (Å²) in [5, 5.41) is 2.77. The molecule has 0 atom stereocenters. The van der Waals surface area contributed by atoms with Crippen LogP contribution in [0.1, 0.15) is 58.3 Å². The molecule has 6 heteroatoms. The van der Waals surface area contributed by atoms with Crippen LogP contribution in [-0.2, 0) is 4.74 Å². The van der Waals surface area contributed by atoms with Crippen LogP contribution in [-0.4, -0.2) is 39.9 Å². The lowest BCUT2D eigenvalue weighted by Crippen LogP contribution is -3.06. The van der Waals surface area contributed by atoms with Crippen LogP contribution >= 0.6 is 0 Å². The van der Waals surface area contributed by atoms with Crippen molar-refractivity contribution in [1.82, 2.24) is 0 Å². The van der Waals surface area contributed by atoms with Crippen molar-refractivity contribution in [3.8, 4) is 5.75 Å². The number of quaternary nitrogens is 1. The van der Waals surface area contributed by atoms with Crippen molar-refractivity contribution >= 4 is 11.8 Å². The van der Waals surface area contributed by atoms with Crippen LogP contribution in [0.3, 0.4) is 0 Å². The normalized spacial score (nSPS) is 10.4. The molecular formula is C21H37ClN2O3. The molecule has 1 aromatic carbocycles. The second-order valence-corrected chi connectivity index (χ2v) is 7.04. The van der Waals surface area contributed by atoms with Crippen LogP contribution in [0.5, 0.6) is 5.75 Å². The summed E-state index contributed by atoms with van der Waals surface area (Å²) < 4.78 is 11.0. The molecule has 0 saturated carbocycles. The Kier molecular flexibility index (Phi) is 15.8. The third-order valence-corrected chi connectivity index (χ3v) is 4.21. The molecule has 0 bridgehead atoms. The van der Waals surface area contributed by atoms with Crippen LogP contribution in [0.4, 0.5) is 10.5 Å². The number of halogens is 1. The standard InChI is InChI=1S/C21H36N2O3.ClH/c1-4-5-6-7-8-9-10-13-17-25-20-15-12-11-14-19(20)22-21(24)26-18-16-23(2)3;/h11-12,14-15H,4-10,13,16-18H2,1-3H3,(H,22,24);1H. The van der Waals surface area contributed by atoms with Crippen LogP contribution in [0, 0.1) is 0 Å². The number of rotatable bonds is 14. The number of amides is 1. The Morgan fingerprint density at radius 1 is 0.963 bits per heavy atom. The van der Waals surface area contributed by atoms with Gasteiger partial charge in [0.1, 0.15) is 18.9 Å². The third kappa shape index (κ3) is 13.4. The summed E-state index contributed by atoms with van der Waals surface area (Å²) in [6.07, 6.45) is 9.74. The molecule has 1 aromatic rings. The first kappa shape index (κ1) is 25.5. The zero-order valence-corrected chi connectivity index (χ0v) is 17.9. The first-order valence-electron chi connectivity index (χ1n) is 10.1. The van der Waals surface area contributed by atoms with E-state index in [2.05, 4.69) is 12.2 Å². The molecule has 0 unspecified atom stereocenters. The Morgan fingerprint density at radius 2 is 1.59 bits per heavy atom. The third-order valence-electron chi connectivity index (χ3n) is 4.21. The summed E-state index contributed by atoms with van der Waals surface area (Å²) in [7, 11) is 4.05.